The van der Waals surface area contributed by atoms with Gasteiger partial charge in [0, 0.05) is 13.7 Å². The summed E-state index contributed by atoms with van der Waals surface area (Å²) in [5.74, 6) is 2.20. The highest BCUT2D eigenvalue weighted by atomic mass is 16.5. The minimum absolute atomic E-state index is 0.328. The van der Waals surface area contributed by atoms with Crippen LogP contribution in [0.4, 0.5) is 0 Å². The molecule has 1 aromatic heterocycles. The molecule has 1 aromatic rings. The van der Waals surface area contributed by atoms with Gasteiger partial charge < -0.3 is 14.6 Å². The van der Waals surface area contributed by atoms with Crippen molar-refractivity contribution in [3.63, 3.8) is 0 Å². The summed E-state index contributed by atoms with van der Waals surface area (Å²) in [5, 5.41) is 7.32. The van der Waals surface area contributed by atoms with E-state index in [1.54, 1.807) is 7.11 Å². The Morgan fingerprint density at radius 1 is 1.44 bits per heavy atom. The van der Waals surface area contributed by atoms with Crippen LogP contribution in [-0.2, 0) is 10.3 Å². The van der Waals surface area contributed by atoms with Gasteiger partial charge in [-0.05, 0) is 26.3 Å². The molecule has 0 amide bonds. The second-order valence-electron chi connectivity index (χ2n) is 4.91. The third-order valence-electron chi connectivity index (χ3n) is 3.33. The number of rotatable bonds is 3. The lowest BCUT2D eigenvalue weighted by Crippen LogP contribution is -2.21. The van der Waals surface area contributed by atoms with Gasteiger partial charge in [0.15, 0.2) is 0 Å². The molecule has 16 heavy (non-hydrogen) atoms. The summed E-state index contributed by atoms with van der Waals surface area (Å²) >= 11 is 0. The van der Waals surface area contributed by atoms with E-state index in [2.05, 4.69) is 22.4 Å². The van der Waals surface area contributed by atoms with Crippen LogP contribution in [0.15, 0.2) is 4.52 Å². The Morgan fingerprint density at radius 2 is 2.19 bits per heavy atom. The van der Waals surface area contributed by atoms with Crippen LogP contribution in [0.3, 0.4) is 0 Å². The topological polar surface area (TPSA) is 60.2 Å². The second-order valence-corrected chi connectivity index (χ2v) is 4.91. The summed E-state index contributed by atoms with van der Waals surface area (Å²) in [5.41, 5.74) is -0.489. The molecule has 0 radical (unpaired) electrons. The van der Waals surface area contributed by atoms with Crippen LogP contribution in [0.1, 0.15) is 38.4 Å². The molecule has 2 rings (SSSR count). The van der Waals surface area contributed by atoms with Crippen molar-refractivity contribution in [1.82, 2.24) is 15.5 Å². The Balaban J connectivity index is 2.19. The minimum Gasteiger partial charge on any atom is -0.371 e. The summed E-state index contributed by atoms with van der Waals surface area (Å²) in [7, 11) is 1.65. The molecule has 0 saturated carbocycles. The molecule has 2 heterocycles. The SMILES string of the molecule is COC(C)(C)c1noc(C2CNCC2C)n1. The quantitative estimate of drug-likeness (QED) is 0.839. The first-order valence-electron chi connectivity index (χ1n) is 5.64. The number of aromatic nitrogens is 2. The van der Waals surface area contributed by atoms with E-state index < -0.39 is 5.60 Å². The number of ether oxygens (including phenoxy) is 1. The molecule has 5 heteroatoms. The van der Waals surface area contributed by atoms with Gasteiger partial charge in [0.05, 0.1) is 5.92 Å². The van der Waals surface area contributed by atoms with Crippen molar-refractivity contribution in [3.8, 4) is 0 Å². The molecule has 1 aliphatic rings. The molecule has 0 aliphatic carbocycles. The predicted octanol–water partition coefficient (Wildman–Crippen LogP) is 1.27. The number of nitrogens with zero attached hydrogens (tertiary/aromatic N) is 2. The molecule has 0 aromatic carbocycles. The molecule has 0 spiro atoms. The van der Waals surface area contributed by atoms with Gasteiger partial charge >= 0.3 is 0 Å². The second kappa shape index (κ2) is 4.14. The van der Waals surface area contributed by atoms with Gasteiger partial charge in [-0.3, -0.25) is 0 Å². The zero-order valence-electron chi connectivity index (χ0n) is 10.3. The lowest BCUT2D eigenvalue weighted by atomic mass is 9.98. The van der Waals surface area contributed by atoms with Crippen molar-refractivity contribution in [1.29, 1.82) is 0 Å². The molecule has 2 unspecified atom stereocenters. The molecular weight excluding hydrogens is 206 g/mol. The molecule has 5 nitrogen and oxygen atoms in total. The number of nitrogens with one attached hydrogen (secondary N) is 1. The van der Waals surface area contributed by atoms with Gasteiger partial charge in [0.2, 0.25) is 11.7 Å². The number of hydrogen-bond acceptors (Lipinski definition) is 5. The normalized spacial score (nSPS) is 26.2. The van der Waals surface area contributed by atoms with Gasteiger partial charge in [0.1, 0.15) is 5.60 Å². The maximum absolute atomic E-state index is 5.33. The lowest BCUT2D eigenvalue weighted by Gasteiger charge is -2.17. The van der Waals surface area contributed by atoms with E-state index in [0.29, 0.717) is 17.7 Å². The third-order valence-corrected chi connectivity index (χ3v) is 3.33. The van der Waals surface area contributed by atoms with E-state index in [4.69, 9.17) is 9.26 Å². The fourth-order valence-corrected chi connectivity index (χ4v) is 1.86. The van der Waals surface area contributed by atoms with E-state index in [9.17, 15) is 0 Å². The average Bonchev–Trinajstić information content (AvgIpc) is 2.85. The Kier molecular flexibility index (Phi) is 2.99. The Bertz CT molecular complexity index is 362. The van der Waals surface area contributed by atoms with Crippen molar-refractivity contribution in [3.05, 3.63) is 11.7 Å². The van der Waals surface area contributed by atoms with Crippen LogP contribution in [0, 0.1) is 5.92 Å². The van der Waals surface area contributed by atoms with Gasteiger partial charge in [0.25, 0.3) is 0 Å². The maximum atomic E-state index is 5.33. The van der Waals surface area contributed by atoms with E-state index in [1.807, 2.05) is 13.8 Å². The largest absolute Gasteiger partial charge is 0.371 e. The van der Waals surface area contributed by atoms with Gasteiger partial charge in [-0.1, -0.05) is 12.1 Å². The molecule has 2 atom stereocenters. The zero-order chi connectivity index (χ0) is 11.8. The number of methoxy groups -OCH3 is 1. The zero-order valence-corrected chi connectivity index (χ0v) is 10.3. The first-order chi connectivity index (χ1) is 7.54. The Hall–Kier alpha value is -0.940. The van der Waals surface area contributed by atoms with Crippen molar-refractivity contribution in [2.75, 3.05) is 20.2 Å². The highest BCUT2D eigenvalue weighted by molar-refractivity contribution is 5.04. The fraction of sp³-hybridized carbons (Fsp3) is 0.818. The van der Waals surface area contributed by atoms with Crippen molar-refractivity contribution in [2.45, 2.75) is 32.3 Å². The van der Waals surface area contributed by atoms with E-state index in [-0.39, 0.29) is 0 Å². The van der Waals surface area contributed by atoms with Crippen LogP contribution >= 0.6 is 0 Å². The number of hydrogen-bond donors (Lipinski definition) is 1. The summed E-state index contributed by atoms with van der Waals surface area (Å²) in [4.78, 5) is 4.44. The van der Waals surface area contributed by atoms with Gasteiger partial charge in [-0.15, -0.1) is 0 Å². The Labute approximate surface area is 95.6 Å². The van der Waals surface area contributed by atoms with Crippen molar-refractivity contribution < 1.29 is 9.26 Å². The molecule has 0 bridgehead atoms. The Morgan fingerprint density at radius 3 is 2.75 bits per heavy atom. The maximum Gasteiger partial charge on any atom is 0.231 e. The lowest BCUT2D eigenvalue weighted by molar-refractivity contribution is 0.00973. The summed E-state index contributed by atoms with van der Waals surface area (Å²) in [6, 6.07) is 0. The molecule has 1 aliphatic heterocycles. The summed E-state index contributed by atoms with van der Waals surface area (Å²) in [6.07, 6.45) is 0. The van der Waals surface area contributed by atoms with Crippen LogP contribution in [0.2, 0.25) is 0 Å². The first-order valence-corrected chi connectivity index (χ1v) is 5.64. The molecule has 1 N–H and O–H groups in total. The van der Waals surface area contributed by atoms with Gasteiger partial charge in [-0.2, -0.15) is 4.98 Å². The molecular formula is C11H19N3O2. The molecule has 1 fully saturated rings. The van der Waals surface area contributed by atoms with Crippen molar-refractivity contribution in [2.24, 2.45) is 5.92 Å². The predicted molar refractivity (Wildman–Crippen MR) is 59.1 cm³/mol. The fourth-order valence-electron chi connectivity index (χ4n) is 1.86. The summed E-state index contributed by atoms with van der Waals surface area (Å²) < 4.78 is 10.7. The van der Waals surface area contributed by atoms with Crippen LogP contribution in [-0.4, -0.2) is 30.3 Å². The molecule has 1 saturated heterocycles. The standard InChI is InChI=1S/C11H19N3O2/c1-7-5-12-6-8(7)9-13-10(14-16-9)11(2,3)15-4/h7-8,12H,5-6H2,1-4H3. The summed E-state index contributed by atoms with van der Waals surface area (Å²) in [6.45, 7) is 7.97. The van der Waals surface area contributed by atoms with E-state index >= 15 is 0 Å². The highest BCUT2D eigenvalue weighted by Crippen LogP contribution is 2.28. The highest BCUT2D eigenvalue weighted by Gasteiger charge is 2.32. The van der Waals surface area contributed by atoms with E-state index in [1.165, 1.54) is 0 Å². The smallest absolute Gasteiger partial charge is 0.231 e. The van der Waals surface area contributed by atoms with Gasteiger partial charge in [-0.25, -0.2) is 0 Å². The average molecular weight is 225 g/mol. The minimum atomic E-state index is -0.489. The van der Waals surface area contributed by atoms with Crippen LogP contribution in [0.5, 0.6) is 0 Å². The third kappa shape index (κ3) is 1.97. The van der Waals surface area contributed by atoms with E-state index in [0.717, 1.165) is 19.0 Å². The monoisotopic (exact) mass is 225 g/mol. The first kappa shape index (κ1) is 11.5. The molecule has 90 valence electrons. The van der Waals surface area contributed by atoms with Crippen molar-refractivity contribution >= 4 is 0 Å². The van der Waals surface area contributed by atoms with Crippen LogP contribution in [0.25, 0.3) is 0 Å². The van der Waals surface area contributed by atoms with Crippen LogP contribution < -0.4 is 5.32 Å².